The number of aromatic nitrogens is 3. The molecule has 1 aromatic carbocycles. The van der Waals surface area contributed by atoms with Crippen LogP contribution in [0.15, 0.2) is 42.7 Å². The Labute approximate surface area is 144 Å². The van der Waals surface area contributed by atoms with Gasteiger partial charge in [-0.25, -0.2) is 9.97 Å². The number of imidazole rings is 1. The Morgan fingerprint density at radius 1 is 1.28 bits per heavy atom. The molecule has 1 fully saturated rings. The van der Waals surface area contributed by atoms with Crippen LogP contribution in [-0.4, -0.2) is 33.7 Å². The molecule has 0 saturated carbocycles. The van der Waals surface area contributed by atoms with Crippen molar-refractivity contribution in [3.05, 3.63) is 54.0 Å². The van der Waals surface area contributed by atoms with Crippen molar-refractivity contribution in [2.75, 3.05) is 13.2 Å². The van der Waals surface area contributed by atoms with Gasteiger partial charge in [0, 0.05) is 12.6 Å². The lowest BCUT2D eigenvalue weighted by atomic mass is 10.2. The van der Waals surface area contributed by atoms with E-state index in [2.05, 4.69) is 9.97 Å². The molecule has 0 N–H and O–H groups in total. The van der Waals surface area contributed by atoms with Gasteiger partial charge in [-0.2, -0.15) is 0 Å². The highest BCUT2D eigenvalue weighted by Gasteiger charge is 2.20. The van der Waals surface area contributed by atoms with Gasteiger partial charge in [0.05, 0.1) is 18.9 Å². The Morgan fingerprint density at radius 2 is 2.12 bits per heavy atom. The third-order valence-electron chi connectivity index (χ3n) is 3.91. The summed E-state index contributed by atoms with van der Waals surface area (Å²) in [4.78, 5) is 20.1. The Hall–Kier alpha value is -2.77. The van der Waals surface area contributed by atoms with E-state index in [9.17, 15) is 4.79 Å². The van der Waals surface area contributed by atoms with Crippen molar-refractivity contribution in [2.24, 2.45) is 0 Å². The van der Waals surface area contributed by atoms with E-state index in [4.69, 9.17) is 14.2 Å². The van der Waals surface area contributed by atoms with Crippen molar-refractivity contribution in [3.8, 4) is 5.69 Å². The van der Waals surface area contributed by atoms with Gasteiger partial charge in [-0.15, -0.1) is 0 Å². The fourth-order valence-corrected chi connectivity index (χ4v) is 2.74. The zero-order valence-corrected chi connectivity index (χ0v) is 13.7. The predicted octanol–water partition coefficient (Wildman–Crippen LogP) is 2.53. The molecule has 4 rings (SSSR count). The van der Waals surface area contributed by atoms with Gasteiger partial charge >= 0.3 is 5.97 Å². The number of rotatable bonds is 4. The second kappa shape index (κ2) is 6.62. The number of benzene rings is 1. The third-order valence-corrected chi connectivity index (χ3v) is 3.91. The summed E-state index contributed by atoms with van der Waals surface area (Å²) in [5.74, 6) is -0.304. The van der Waals surface area contributed by atoms with Crippen LogP contribution < -0.4 is 0 Å². The molecule has 0 aliphatic carbocycles. The molecular formula is C18H17N3O4. The summed E-state index contributed by atoms with van der Waals surface area (Å²) >= 11 is 0. The van der Waals surface area contributed by atoms with Crippen LogP contribution >= 0.6 is 0 Å². The summed E-state index contributed by atoms with van der Waals surface area (Å²) in [6, 6.07) is 11.5. The van der Waals surface area contributed by atoms with E-state index in [0.717, 1.165) is 28.1 Å². The molecule has 1 aliphatic heterocycles. The first-order valence-electron chi connectivity index (χ1n) is 8.00. The number of esters is 1. The molecule has 0 spiro atoms. The number of ether oxygens (including phenoxy) is 3. The Balaban J connectivity index is 1.69. The number of carbonyl (C=O) groups is 1. The van der Waals surface area contributed by atoms with Crippen molar-refractivity contribution in [1.82, 2.24) is 14.5 Å². The minimum Gasteiger partial charge on any atom is -0.461 e. The average Bonchev–Trinajstić information content (AvgIpc) is 3.29. The fraction of sp³-hybridized carbons (Fsp3) is 0.278. The molecule has 1 aliphatic rings. The molecule has 0 amide bonds. The van der Waals surface area contributed by atoms with Gasteiger partial charge in [0.1, 0.15) is 18.5 Å². The highest BCUT2D eigenvalue weighted by molar-refractivity contribution is 5.73. The van der Waals surface area contributed by atoms with Crippen LogP contribution in [0.25, 0.3) is 16.9 Å². The van der Waals surface area contributed by atoms with Crippen LogP contribution in [-0.2, 0) is 25.6 Å². The number of nitrogens with zero attached hydrogens (tertiary/aromatic N) is 3. The van der Waals surface area contributed by atoms with Gasteiger partial charge in [0.2, 0.25) is 6.29 Å². The molecule has 7 nitrogen and oxygen atoms in total. The van der Waals surface area contributed by atoms with Gasteiger partial charge in [-0.05, 0) is 29.8 Å². The molecule has 0 atom stereocenters. The molecule has 3 aromatic rings. The number of pyridine rings is 1. The molecule has 1 saturated heterocycles. The summed E-state index contributed by atoms with van der Waals surface area (Å²) in [6.07, 6.45) is 1.30. The molecule has 128 valence electrons. The van der Waals surface area contributed by atoms with Crippen LogP contribution in [0.2, 0.25) is 0 Å². The van der Waals surface area contributed by atoms with Crippen molar-refractivity contribution in [3.63, 3.8) is 0 Å². The van der Waals surface area contributed by atoms with E-state index in [1.54, 1.807) is 6.33 Å². The maximum absolute atomic E-state index is 11.0. The molecule has 0 radical (unpaired) electrons. The van der Waals surface area contributed by atoms with Crippen molar-refractivity contribution in [2.45, 2.75) is 19.8 Å². The first-order valence-corrected chi connectivity index (χ1v) is 8.00. The highest BCUT2D eigenvalue weighted by Crippen LogP contribution is 2.25. The largest absolute Gasteiger partial charge is 0.461 e. The van der Waals surface area contributed by atoms with Gasteiger partial charge in [0.25, 0.3) is 0 Å². The van der Waals surface area contributed by atoms with Crippen molar-refractivity contribution < 1.29 is 19.0 Å². The molecule has 25 heavy (non-hydrogen) atoms. The standard InChI is InChI=1S/C18H17N3O4/c1-12(22)25-10-13-3-2-4-14(9-13)21-11-19-15-5-6-16(20-17(15)21)18-23-7-8-24-18/h2-6,9,11,18H,7-8,10H2,1H3. The number of carbonyl (C=O) groups excluding carboxylic acids is 1. The van der Waals surface area contributed by atoms with Crippen molar-refractivity contribution in [1.29, 1.82) is 0 Å². The fourth-order valence-electron chi connectivity index (χ4n) is 2.74. The minimum atomic E-state index is -0.428. The second-order valence-corrected chi connectivity index (χ2v) is 5.72. The second-order valence-electron chi connectivity index (χ2n) is 5.72. The summed E-state index contributed by atoms with van der Waals surface area (Å²) in [7, 11) is 0. The molecule has 0 unspecified atom stereocenters. The summed E-state index contributed by atoms with van der Waals surface area (Å²) in [5, 5.41) is 0. The Morgan fingerprint density at radius 3 is 2.92 bits per heavy atom. The van der Waals surface area contributed by atoms with Gasteiger partial charge < -0.3 is 14.2 Å². The Kier molecular flexibility index (Phi) is 4.17. The topological polar surface area (TPSA) is 75.5 Å². The maximum Gasteiger partial charge on any atom is 0.302 e. The lowest BCUT2D eigenvalue weighted by molar-refractivity contribution is -0.142. The number of hydrogen-bond donors (Lipinski definition) is 0. The summed E-state index contributed by atoms with van der Waals surface area (Å²) in [6.45, 7) is 2.77. The normalized spacial score (nSPS) is 14.9. The van der Waals surface area contributed by atoms with E-state index < -0.39 is 6.29 Å². The molecule has 7 heteroatoms. The minimum absolute atomic E-state index is 0.234. The maximum atomic E-state index is 11.0. The lowest BCUT2D eigenvalue weighted by Crippen LogP contribution is -2.03. The van der Waals surface area contributed by atoms with Gasteiger partial charge in [-0.1, -0.05) is 12.1 Å². The van der Waals surface area contributed by atoms with Crippen LogP contribution in [0.5, 0.6) is 0 Å². The average molecular weight is 339 g/mol. The lowest BCUT2D eigenvalue weighted by Gasteiger charge is -2.10. The molecule has 3 heterocycles. The van der Waals surface area contributed by atoms with Gasteiger partial charge in [-0.3, -0.25) is 9.36 Å². The highest BCUT2D eigenvalue weighted by atomic mass is 16.7. The first kappa shape index (κ1) is 15.7. The van der Waals surface area contributed by atoms with E-state index in [1.165, 1.54) is 6.92 Å². The first-order chi connectivity index (χ1) is 12.2. The third kappa shape index (κ3) is 3.24. The van der Waals surface area contributed by atoms with Crippen LogP contribution in [0, 0.1) is 0 Å². The number of fused-ring (bicyclic) bond motifs is 1. The van der Waals surface area contributed by atoms with Crippen LogP contribution in [0.1, 0.15) is 24.5 Å². The summed E-state index contributed by atoms with van der Waals surface area (Å²) < 4.78 is 18.0. The van der Waals surface area contributed by atoms with E-state index in [0.29, 0.717) is 13.2 Å². The smallest absolute Gasteiger partial charge is 0.302 e. The predicted molar refractivity (Wildman–Crippen MR) is 89.0 cm³/mol. The SMILES string of the molecule is CC(=O)OCc1cccc(-n2cnc3ccc(C4OCCO4)nc32)c1. The van der Waals surface area contributed by atoms with Gasteiger partial charge in [0.15, 0.2) is 5.65 Å². The summed E-state index contributed by atoms with van der Waals surface area (Å²) in [5.41, 5.74) is 4.02. The van der Waals surface area contributed by atoms with E-state index >= 15 is 0 Å². The van der Waals surface area contributed by atoms with E-state index in [-0.39, 0.29) is 12.6 Å². The van der Waals surface area contributed by atoms with Crippen LogP contribution in [0.3, 0.4) is 0 Å². The Bertz CT molecular complexity index is 916. The molecule has 2 aromatic heterocycles. The van der Waals surface area contributed by atoms with E-state index in [1.807, 2.05) is 41.0 Å². The van der Waals surface area contributed by atoms with Crippen LogP contribution in [0.4, 0.5) is 0 Å². The quantitative estimate of drug-likeness (QED) is 0.680. The zero-order chi connectivity index (χ0) is 17.2. The molecular weight excluding hydrogens is 322 g/mol. The monoisotopic (exact) mass is 339 g/mol. The zero-order valence-electron chi connectivity index (χ0n) is 13.7. The van der Waals surface area contributed by atoms with Crippen molar-refractivity contribution >= 4 is 17.1 Å². The number of hydrogen-bond acceptors (Lipinski definition) is 6. The molecule has 0 bridgehead atoms.